The summed E-state index contributed by atoms with van der Waals surface area (Å²) in [4.78, 5) is 16.8. The third kappa shape index (κ3) is 4.08. The zero-order valence-electron chi connectivity index (χ0n) is 9.76. The first kappa shape index (κ1) is 13.5. The molecule has 1 amide bonds. The molecule has 94 valence electrons. The molecule has 17 heavy (non-hydrogen) atoms. The Morgan fingerprint density at radius 3 is 2.88 bits per heavy atom. The van der Waals surface area contributed by atoms with E-state index in [1.807, 2.05) is 0 Å². The average molecular weight is 242 g/mol. The zero-order chi connectivity index (χ0) is 12.8. The van der Waals surface area contributed by atoms with Crippen molar-refractivity contribution in [2.45, 2.75) is 6.10 Å². The Bertz CT molecular complexity index is 369. The maximum absolute atomic E-state index is 12.6. The molecule has 5 nitrogen and oxygen atoms in total. The highest BCUT2D eigenvalue weighted by Gasteiger charge is 2.16. The van der Waals surface area contributed by atoms with Crippen molar-refractivity contribution in [1.82, 2.24) is 9.88 Å². The molecule has 1 aromatic rings. The van der Waals surface area contributed by atoms with Crippen LogP contribution < -0.4 is 0 Å². The standard InChI is InChI=1S/C11H15FN2O3/c1-14(6-9(15)7-17-2)11(16)10-4-3-8(12)5-13-10/h3-5,9,15H,6-7H2,1-2H3. The lowest BCUT2D eigenvalue weighted by molar-refractivity contribution is 0.0378. The summed E-state index contributed by atoms with van der Waals surface area (Å²) >= 11 is 0. The van der Waals surface area contributed by atoms with Gasteiger partial charge < -0.3 is 14.7 Å². The normalized spacial score (nSPS) is 12.2. The fourth-order valence-electron chi connectivity index (χ4n) is 1.34. The number of aliphatic hydroxyl groups excluding tert-OH is 1. The van der Waals surface area contributed by atoms with Crippen molar-refractivity contribution in [3.05, 3.63) is 29.8 Å². The van der Waals surface area contributed by atoms with Gasteiger partial charge in [0.15, 0.2) is 0 Å². The van der Waals surface area contributed by atoms with Gasteiger partial charge in [-0.25, -0.2) is 9.37 Å². The van der Waals surface area contributed by atoms with Crippen LogP contribution in [0.2, 0.25) is 0 Å². The molecule has 1 aromatic heterocycles. The average Bonchev–Trinajstić information content (AvgIpc) is 2.29. The molecule has 0 spiro atoms. The summed E-state index contributed by atoms with van der Waals surface area (Å²) in [5, 5.41) is 9.46. The number of hydrogen-bond acceptors (Lipinski definition) is 4. The first-order valence-corrected chi connectivity index (χ1v) is 5.08. The van der Waals surface area contributed by atoms with Crippen molar-refractivity contribution in [3.63, 3.8) is 0 Å². The summed E-state index contributed by atoms with van der Waals surface area (Å²) in [6, 6.07) is 2.47. The number of carbonyl (C=O) groups excluding carboxylic acids is 1. The van der Waals surface area contributed by atoms with E-state index < -0.39 is 11.9 Å². The van der Waals surface area contributed by atoms with Gasteiger partial charge in [-0.15, -0.1) is 0 Å². The number of methoxy groups -OCH3 is 1. The predicted octanol–water partition coefficient (Wildman–Crippen LogP) is 0.300. The number of pyridine rings is 1. The van der Waals surface area contributed by atoms with Crippen molar-refractivity contribution in [2.24, 2.45) is 0 Å². The molecule has 1 heterocycles. The molecular weight excluding hydrogens is 227 g/mol. The van der Waals surface area contributed by atoms with E-state index >= 15 is 0 Å². The molecule has 1 N–H and O–H groups in total. The van der Waals surface area contributed by atoms with Crippen LogP contribution in [0.3, 0.4) is 0 Å². The third-order valence-corrected chi connectivity index (χ3v) is 2.14. The maximum Gasteiger partial charge on any atom is 0.272 e. The minimum atomic E-state index is -0.755. The molecule has 0 aromatic carbocycles. The number of hydrogen-bond donors (Lipinski definition) is 1. The SMILES string of the molecule is COCC(O)CN(C)C(=O)c1ccc(F)cn1. The minimum Gasteiger partial charge on any atom is -0.389 e. The number of carbonyl (C=O) groups is 1. The van der Waals surface area contributed by atoms with Crippen LogP contribution in [-0.2, 0) is 4.74 Å². The molecule has 0 fully saturated rings. The Morgan fingerprint density at radius 1 is 1.65 bits per heavy atom. The highest BCUT2D eigenvalue weighted by molar-refractivity contribution is 5.92. The molecule has 1 atom stereocenters. The van der Waals surface area contributed by atoms with E-state index in [1.165, 1.54) is 31.2 Å². The molecular formula is C11H15FN2O3. The van der Waals surface area contributed by atoms with Crippen LogP contribution in [0.5, 0.6) is 0 Å². The van der Waals surface area contributed by atoms with Gasteiger partial charge in [0, 0.05) is 20.7 Å². The van der Waals surface area contributed by atoms with Crippen molar-refractivity contribution in [2.75, 3.05) is 27.3 Å². The van der Waals surface area contributed by atoms with Crippen molar-refractivity contribution in [3.8, 4) is 0 Å². The van der Waals surface area contributed by atoms with Crippen molar-refractivity contribution < 1.29 is 19.0 Å². The molecule has 0 saturated carbocycles. The lowest BCUT2D eigenvalue weighted by Crippen LogP contribution is -2.36. The Kier molecular flexibility index (Phi) is 4.99. The molecule has 6 heteroatoms. The lowest BCUT2D eigenvalue weighted by Gasteiger charge is -2.19. The second-order valence-corrected chi connectivity index (χ2v) is 3.66. The summed E-state index contributed by atoms with van der Waals surface area (Å²) in [5.74, 6) is -0.872. The Hall–Kier alpha value is -1.53. The lowest BCUT2D eigenvalue weighted by atomic mass is 10.3. The number of rotatable bonds is 5. The fourth-order valence-corrected chi connectivity index (χ4v) is 1.34. The van der Waals surface area contributed by atoms with Gasteiger partial charge in [0.2, 0.25) is 0 Å². The van der Waals surface area contributed by atoms with E-state index in [0.29, 0.717) is 0 Å². The second kappa shape index (κ2) is 6.27. The summed E-state index contributed by atoms with van der Waals surface area (Å²) in [6.45, 7) is 0.278. The highest BCUT2D eigenvalue weighted by atomic mass is 19.1. The molecule has 1 rings (SSSR count). The first-order valence-electron chi connectivity index (χ1n) is 5.08. The van der Waals surface area contributed by atoms with E-state index in [1.54, 1.807) is 0 Å². The molecule has 0 radical (unpaired) electrons. The highest BCUT2D eigenvalue weighted by Crippen LogP contribution is 2.02. The number of ether oxygens (including phenoxy) is 1. The fraction of sp³-hybridized carbons (Fsp3) is 0.455. The van der Waals surface area contributed by atoms with Gasteiger partial charge in [0.05, 0.1) is 18.9 Å². The van der Waals surface area contributed by atoms with Crippen LogP contribution in [0.4, 0.5) is 4.39 Å². The number of amides is 1. The van der Waals surface area contributed by atoms with Gasteiger partial charge in [-0.1, -0.05) is 0 Å². The van der Waals surface area contributed by atoms with Crippen LogP contribution in [0.25, 0.3) is 0 Å². The van der Waals surface area contributed by atoms with Gasteiger partial charge in [-0.3, -0.25) is 4.79 Å². The van der Waals surface area contributed by atoms with Crippen LogP contribution in [0.15, 0.2) is 18.3 Å². The van der Waals surface area contributed by atoms with Crippen LogP contribution >= 0.6 is 0 Å². The Morgan fingerprint density at radius 2 is 2.35 bits per heavy atom. The smallest absolute Gasteiger partial charge is 0.272 e. The number of nitrogens with zero attached hydrogens (tertiary/aromatic N) is 2. The molecule has 0 bridgehead atoms. The van der Waals surface area contributed by atoms with Crippen molar-refractivity contribution in [1.29, 1.82) is 0 Å². The topological polar surface area (TPSA) is 62.7 Å². The molecule has 0 saturated heterocycles. The third-order valence-electron chi connectivity index (χ3n) is 2.14. The number of aromatic nitrogens is 1. The summed E-state index contributed by atoms with van der Waals surface area (Å²) in [5.41, 5.74) is 0.138. The van der Waals surface area contributed by atoms with E-state index in [0.717, 1.165) is 6.20 Å². The van der Waals surface area contributed by atoms with E-state index in [4.69, 9.17) is 4.74 Å². The molecule has 1 unspecified atom stereocenters. The zero-order valence-corrected chi connectivity index (χ0v) is 9.76. The van der Waals surface area contributed by atoms with E-state index in [2.05, 4.69) is 4.98 Å². The molecule has 0 aliphatic rings. The maximum atomic E-state index is 12.6. The molecule has 0 aliphatic heterocycles. The number of aliphatic hydroxyl groups is 1. The van der Waals surface area contributed by atoms with Crippen molar-refractivity contribution >= 4 is 5.91 Å². The van der Waals surface area contributed by atoms with Gasteiger partial charge in [-0.2, -0.15) is 0 Å². The first-order chi connectivity index (χ1) is 8.04. The Labute approximate surface area is 98.8 Å². The van der Waals surface area contributed by atoms with Gasteiger partial charge >= 0.3 is 0 Å². The van der Waals surface area contributed by atoms with Crippen LogP contribution in [0, 0.1) is 5.82 Å². The Balaban J connectivity index is 2.60. The quantitative estimate of drug-likeness (QED) is 0.806. The van der Waals surface area contributed by atoms with Gasteiger partial charge in [-0.05, 0) is 12.1 Å². The minimum absolute atomic E-state index is 0.131. The molecule has 0 aliphatic carbocycles. The van der Waals surface area contributed by atoms with E-state index in [-0.39, 0.29) is 24.8 Å². The monoisotopic (exact) mass is 242 g/mol. The number of likely N-dealkylation sites (N-methyl/N-ethyl adjacent to an activating group) is 1. The van der Waals surface area contributed by atoms with E-state index in [9.17, 15) is 14.3 Å². The van der Waals surface area contributed by atoms with Gasteiger partial charge in [0.1, 0.15) is 11.5 Å². The largest absolute Gasteiger partial charge is 0.389 e. The van der Waals surface area contributed by atoms with Crippen LogP contribution in [-0.4, -0.2) is 54.3 Å². The van der Waals surface area contributed by atoms with Gasteiger partial charge in [0.25, 0.3) is 5.91 Å². The number of halogens is 1. The van der Waals surface area contributed by atoms with Crippen LogP contribution in [0.1, 0.15) is 10.5 Å². The summed E-state index contributed by atoms with van der Waals surface area (Å²) in [7, 11) is 3.00. The summed E-state index contributed by atoms with van der Waals surface area (Å²) in [6.07, 6.45) is 0.224. The predicted molar refractivity (Wildman–Crippen MR) is 59.0 cm³/mol. The summed E-state index contributed by atoms with van der Waals surface area (Å²) < 4.78 is 17.4. The second-order valence-electron chi connectivity index (χ2n) is 3.66.